The predicted molar refractivity (Wildman–Crippen MR) is 85.2 cm³/mol. The van der Waals surface area contributed by atoms with E-state index in [4.69, 9.17) is 0 Å². The van der Waals surface area contributed by atoms with Crippen LogP contribution in [0.15, 0.2) is 46.9 Å². The van der Waals surface area contributed by atoms with Crippen LogP contribution in [0.4, 0.5) is 0 Å². The van der Waals surface area contributed by atoms with Crippen LogP contribution in [-0.2, 0) is 12.8 Å². The van der Waals surface area contributed by atoms with E-state index >= 15 is 0 Å². The number of rotatable bonds is 2. The molecule has 1 atom stereocenters. The second kappa shape index (κ2) is 5.53. The van der Waals surface area contributed by atoms with Crippen molar-refractivity contribution in [2.75, 3.05) is 0 Å². The van der Waals surface area contributed by atoms with Crippen LogP contribution in [0.3, 0.4) is 0 Å². The number of ketones is 1. The van der Waals surface area contributed by atoms with Gasteiger partial charge in [-0.15, -0.1) is 0 Å². The summed E-state index contributed by atoms with van der Waals surface area (Å²) in [6.07, 6.45) is 2.85. The van der Waals surface area contributed by atoms with Gasteiger partial charge in [0.25, 0.3) is 0 Å². The molecular weight excluding hydrogens is 312 g/mol. The molecule has 0 N–H and O–H groups in total. The van der Waals surface area contributed by atoms with Crippen LogP contribution in [0, 0.1) is 12.8 Å². The SMILES string of the molecule is Cc1ccc(C(=O)C2CCc3ccccc3C2)cc1Br. The van der Waals surface area contributed by atoms with Crippen molar-refractivity contribution in [3.63, 3.8) is 0 Å². The zero-order valence-electron chi connectivity index (χ0n) is 11.5. The summed E-state index contributed by atoms with van der Waals surface area (Å²) < 4.78 is 1.01. The zero-order chi connectivity index (χ0) is 14.1. The fraction of sp³-hybridized carbons (Fsp3) is 0.278. The first kappa shape index (κ1) is 13.6. The summed E-state index contributed by atoms with van der Waals surface area (Å²) in [6.45, 7) is 2.04. The van der Waals surface area contributed by atoms with E-state index < -0.39 is 0 Å². The third-order valence-electron chi connectivity index (χ3n) is 4.17. The minimum atomic E-state index is 0.125. The smallest absolute Gasteiger partial charge is 0.166 e. The lowest BCUT2D eigenvalue weighted by molar-refractivity contribution is 0.0908. The van der Waals surface area contributed by atoms with Crippen molar-refractivity contribution in [2.24, 2.45) is 5.92 Å². The van der Waals surface area contributed by atoms with Gasteiger partial charge in [0.1, 0.15) is 0 Å². The van der Waals surface area contributed by atoms with Gasteiger partial charge in [0.2, 0.25) is 0 Å². The fourth-order valence-electron chi connectivity index (χ4n) is 2.90. The van der Waals surface area contributed by atoms with Gasteiger partial charge in [-0.1, -0.05) is 52.3 Å². The maximum atomic E-state index is 12.7. The lowest BCUT2D eigenvalue weighted by atomic mass is 9.80. The molecule has 0 fully saturated rings. The number of fused-ring (bicyclic) bond motifs is 1. The molecule has 0 bridgehead atoms. The van der Waals surface area contributed by atoms with Gasteiger partial charge in [0.05, 0.1) is 0 Å². The van der Waals surface area contributed by atoms with Crippen molar-refractivity contribution in [1.82, 2.24) is 0 Å². The van der Waals surface area contributed by atoms with Gasteiger partial charge < -0.3 is 0 Å². The molecule has 0 saturated carbocycles. The second-order valence-electron chi connectivity index (χ2n) is 5.54. The Balaban J connectivity index is 1.84. The van der Waals surface area contributed by atoms with Gasteiger partial charge in [-0.3, -0.25) is 4.79 Å². The molecule has 0 spiro atoms. The van der Waals surface area contributed by atoms with Crippen molar-refractivity contribution in [3.8, 4) is 0 Å². The molecule has 1 aliphatic carbocycles. The first-order valence-corrected chi connectivity index (χ1v) is 7.81. The normalized spacial score (nSPS) is 17.6. The van der Waals surface area contributed by atoms with E-state index in [2.05, 4.69) is 40.2 Å². The zero-order valence-corrected chi connectivity index (χ0v) is 13.1. The molecule has 1 aliphatic rings. The minimum Gasteiger partial charge on any atom is -0.294 e. The number of benzene rings is 2. The highest BCUT2D eigenvalue weighted by Gasteiger charge is 2.25. The van der Waals surface area contributed by atoms with Crippen LogP contribution in [-0.4, -0.2) is 5.78 Å². The molecule has 2 heteroatoms. The molecule has 2 aromatic carbocycles. The Morgan fingerprint density at radius 2 is 1.90 bits per heavy atom. The van der Waals surface area contributed by atoms with E-state index in [1.54, 1.807) is 0 Å². The summed E-state index contributed by atoms with van der Waals surface area (Å²) in [5, 5.41) is 0. The average molecular weight is 329 g/mol. The van der Waals surface area contributed by atoms with Gasteiger partial charge in [0, 0.05) is 16.0 Å². The van der Waals surface area contributed by atoms with Crippen LogP contribution >= 0.6 is 15.9 Å². The van der Waals surface area contributed by atoms with E-state index in [1.807, 2.05) is 25.1 Å². The highest BCUT2D eigenvalue weighted by Crippen LogP contribution is 2.29. The molecular formula is C18H17BrO. The predicted octanol–water partition coefficient (Wildman–Crippen LogP) is 4.75. The molecule has 0 amide bonds. The molecule has 102 valence electrons. The van der Waals surface area contributed by atoms with Gasteiger partial charge in [0.15, 0.2) is 5.78 Å². The van der Waals surface area contributed by atoms with Crippen molar-refractivity contribution < 1.29 is 4.79 Å². The molecule has 20 heavy (non-hydrogen) atoms. The van der Waals surface area contributed by atoms with Gasteiger partial charge in [-0.2, -0.15) is 0 Å². The molecule has 3 rings (SSSR count). The summed E-state index contributed by atoms with van der Waals surface area (Å²) in [4.78, 5) is 12.7. The quantitative estimate of drug-likeness (QED) is 0.727. The lowest BCUT2D eigenvalue weighted by Gasteiger charge is -2.23. The summed E-state index contributed by atoms with van der Waals surface area (Å²) >= 11 is 3.51. The van der Waals surface area contributed by atoms with Crippen LogP contribution in [0.5, 0.6) is 0 Å². The van der Waals surface area contributed by atoms with E-state index in [1.165, 1.54) is 11.1 Å². The van der Waals surface area contributed by atoms with Crippen molar-refractivity contribution >= 4 is 21.7 Å². The van der Waals surface area contributed by atoms with E-state index in [-0.39, 0.29) is 11.7 Å². The highest BCUT2D eigenvalue weighted by atomic mass is 79.9. The Hall–Kier alpha value is -1.41. The van der Waals surface area contributed by atoms with Crippen LogP contribution in [0.25, 0.3) is 0 Å². The Kier molecular flexibility index (Phi) is 3.75. The molecule has 1 nitrogen and oxygen atoms in total. The topological polar surface area (TPSA) is 17.1 Å². The third kappa shape index (κ3) is 2.57. The molecule has 0 heterocycles. The van der Waals surface area contributed by atoms with Crippen molar-refractivity contribution in [2.45, 2.75) is 26.2 Å². The molecule has 0 radical (unpaired) electrons. The maximum Gasteiger partial charge on any atom is 0.166 e. The lowest BCUT2D eigenvalue weighted by Crippen LogP contribution is -2.22. The number of carbonyl (C=O) groups excluding carboxylic acids is 1. The van der Waals surface area contributed by atoms with Gasteiger partial charge >= 0.3 is 0 Å². The van der Waals surface area contributed by atoms with E-state index in [0.717, 1.165) is 34.9 Å². The minimum absolute atomic E-state index is 0.125. The summed E-state index contributed by atoms with van der Waals surface area (Å²) in [5.74, 6) is 0.403. The average Bonchev–Trinajstić information content (AvgIpc) is 2.49. The molecule has 2 aromatic rings. The molecule has 0 aromatic heterocycles. The largest absolute Gasteiger partial charge is 0.294 e. The third-order valence-corrected chi connectivity index (χ3v) is 5.03. The summed E-state index contributed by atoms with van der Waals surface area (Å²) in [7, 11) is 0. The van der Waals surface area contributed by atoms with Gasteiger partial charge in [-0.05, 0) is 48.9 Å². The molecule has 0 aliphatic heterocycles. The van der Waals surface area contributed by atoms with Crippen LogP contribution in [0.1, 0.15) is 33.5 Å². The maximum absolute atomic E-state index is 12.7. The Morgan fingerprint density at radius 1 is 1.15 bits per heavy atom. The van der Waals surface area contributed by atoms with E-state index in [0.29, 0.717) is 0 Å². The monoisotopic (exact) mass is 328 g/mol. The standard InChI is InChI=1S/C18H17BrO/c1-12-6-7-16(11-17(12)19)18(20)15-9-8-13-4-2-3-5-14(13)10-15/h2-7,11,15H,8-10H2,1H3. The van der Waals surface area contributed by atoms with Crippen molar-refractivity contribution in [3.05, 3.63) is 69.2 Å². The number of hydrogen-bond acceptors (Lipinski definition) is 1. The number of hydrogen-bond donors (Lipinski definition) is 0. The van der Waals surface area contributed by atoms with Gasteiger partial charge in [-0.25, -0.2) is 0 Å². The first-order chi connectivity index (χ1) is 9.65. The summed E-state index contributed by atoms with van der Waals surface area (Å²) in [6, 6.07) is 14.4. The second-order valence-corrected chi connectivity index (χ2v) is 6.39. The highest BCUT2D eigenvalue weighted by molar-refractivity contribution is 9.10. The number of carbonyl (C=O) groups is 1. The number of aryl methyl sites for hydroxylation is 2. The first-order valence-electron chi connectivity index (χ1n) is 7.02. The van der Waals surface area contributed by atoms with Crippen molar-refractivity contribution in [1.29, 1.82) is 0 Å². The molecule has 0 saturated heterocycles. The van der Waals surface area contributed by atoms with Crippen LogP contribution < -0.4 is 0 Å². The summed E-state index contributed by atoms with van der Waals surface area (Å²) in [5.41, 5.74) is 4.73. The Labute approximate surface area is 128 Å². The van der Waals surface area contributed by atoms with Crippen LogP contribution in [0.2, 0.25) is 0 Å². The Morgan fingerprint density at radius 3 is 2.65 bits per heavy atom. The number of Topliss-reactive ketones (excluding diaryl/α,β-unsaturated/α-hetero) is 1. The fourth-order valence-corrected chi connectivity index (χ4v) is 3.28. The number of halogens is 1. The Bertz CT molecular complexity index is 660. The van der Waals surface area contributed by atoms with E-state index in [9.17, 15) is 4.79 Å². The molecule has 1 unspecified atom stereocenters.